The molecule has 0 aliphatic carbocycles. The normalized spacial score (nSPS) is 13.0. The van der Waals surface area contributed by atoms with E-state index >= 15 is 0 Å². The lowest BCUT2D eigenvalue weighted by Gasteiger charge is -2.10. The quantitative estimate of drug-likeness (QED) is 0.579. The molecule has 2 aromatic rings. The maximum atomic E-state index is 5.45. The fraction of sp³-hybridized carbons (Fsp3) is 0.111. The van der Waals surface area contributed by atoms with Gasteiger partial charge in [-0.3, -0.25) is 5.84 Å². The molecule has 3 N–H and O–H groups in total. The van der Waals surface area contributed by atoms with Crippen molar-refractivity contribution < 1.29 is 4.42 Å². The van der Waals surface area contributed by atoms with E-state index in [1.165, 1.54) is 0 Å². The molecule has 0 saturated heterocycles. The molecule has 1 atom stereocenters. The van der Waals surface area contributed by atoms with E-state index in [0.717, 1.165) is 10.6 Å². The predicted octanol–water partition coefficient (Wildman–Crippen LogP) is 1.89. The molecule has 0 saturated carbocycles. The summed E-state index contributed by atoms with van der Waals surface area (Å²) in [6.07, 6.45) is 1.65. The van der Waals surface area contributed by atoms with Crippen LogP contribution in [0.4, 0.5) is 0 Å². The van der Waals surface area contributed by atoms with Crippen LogP contribution >= 0.6 is 11.3 Å². The van der Waals surface area contributed by atoms with Crippen LogP contribution in [-0.4, -0.2) is 0 Å². The second-order valence-electron chi connectivity index (χ2n) is 2.63. The van der Waals surface area contributed by atoms with Gasteiger partial charge in [-0.2, -0.15) is 0 Å². The zero-order chi connectivity index (χ0) is 9.10. The number of nitrogens with two attached hydrogens (primary N) is 1. The Hall–Kier alpha value is -1.10. The molecule has 0 amide bonds. The molecule has 2 rings (SSSR count). The third kappa shape index (κ3) is 1.65. The highest BCUT2D eigenvalue weighted by Crippen LogP contribution is 2.25. The van der Waals surface area contributed by atoms with Gasteiger partial charge in [-0.05, 0) is 23.6 Å². The van der Waals surface area contributed by atoms with Crippen molar-refractivity contribution in [1.29, 1.82) is 0 Å². The molecule has 0 spiro atoms. The average molecular weight is 194 g/mol. The molecule has 0 aliphatic rings. The van der Waals surface area contributed by atoms with E-state index in [1.54, 1.807) is 17.6 Å². The van der Waals surface area contributed by atoms with Gasteiger partial charge in [0.25, 0.3) is 0 Å². The third-order valence-corrected chi connectivity index (χ3v) is 2.76. The number of hydrogen-bond acceptors (Lipinski definition) is 4. The van der Waals surface area contributed by atoms with Crippen molar-refractivity contribution in [2.24, 2.45) is 5.84 Å². The van der Waals surface area contributed by atoms with Crippen LogP contribution < -0.4 is 11.3 Å². The van der Waals surface area contributed by atoms with E-state index in [4.69, 9.17) is 10.3 Å². The Labute approximate surface area is 80.1 Å². The smallest absolute Gasteiger partial charge is 0.127 e. The van der Waals surface area contributed by atoms with Crippen LogP contribution in [0, 0.1) is 0 Å². The van der Waals surface area contributed by atoms with Crippen molar-refractivity contribution in [1.82, 2.24) is 5.43 Å². The van der Waals surface area contributed by atoms with Crippen molar-refractivity contribution in [3.05, 3.63) is 46.5 Å². The highest BCUT2D eigenvalue weighted by molar-refractivity contribution is 7.10. The SMILES string of the molecule is NNC(c1ccco1)c1cccs1. The van der Waals surface area contributed by atoms with Crippen LogP contribution in [0.5, 0.6) is 0 Å². The second-order valence-corrected chi connectivity index (χ2v) is 3.61. The summed E-state index contributed by atoms with van der Waals surface area (Å²) in [4.78, 5) is 1.15. The summed E-state index contributed by atoms with van der Waals surface area (Å²) in [5.74, 6) is 6.29. The molecule has 0 aromatic carbocycles. The average Bonchev–Trinajstić information content (AvgIpc) is 2.76. The minimum atomic E-state index is -0.0324. The lowest BCUT2D eigenvalue weighted by molar-refractivity contribution is 0.455. The lowest BCUT2D eigenvalue weighted by Crippen LogP contribution is -2.27. The Morgan fingerprint density at radius 1 is 1.38 bits per heavy atom. The third-order valence-electron chi connectivity index (χ3n) is 1.82. The van der Waals surface area contributed by atoms with Crippen molar-refractivity contribution in [3.63, 3.8) is 0 Å². The Bertz CT molecular complexity index is 307. The van der Waals surface area contributed by atoms with Crippen LogP contribution in [0.3, 0.4) is 0 Å². The van der Waals surface area contributed by atoms with E-state index in [2.05, 4.69) is 5.43 Å². The van der Waals surface area contributed by atoms with Gasteiger partial charge in [-0.1, -0.05) is 6.07 Å². The molecule has 2 heterocycles. The fourth-order valence-corrected chi connectivity index (χ4v) is 2.01. The van der Waals surface area contributed by atoms with Crippen molar-refractivity contribution >= 4 is 11.3 Å². The van der Waals surface area contributed by atoms with Crippen LogP contribution in [-0.2, 0) is 0 Å². The monoisotopic (exact) mass is 194 g/mol. The number of nitrogens with one attached hydrogen (secondary N) is 1. The largest absolute Gasteiger partial charge is 0.467 e. The summed E-state index contributed by atoms with van der Waals surface area (Å²) in [6.45, 7) is 0. The summed E-state index contributed by atoms with van der Waals surface area (Å²) in [7, 11) is 0. The molecular formula is C9H10N2OS. The van der Waals surface area contributed by atoms with E-state index in [1.807, 2.05) is 29.6 Å². The van der Waals surface area contributed by atoms with Gasteiger partial charge >= 0.3 is 0 Å². The number of thiophene rings is 1. The first-order valence-corrected chi connectivity index (χ1v) is 4.82. The van der Waals surface area contributed by atoms with Crippen LogP contribution in [0.25, 0.3) is 0 Å². The summed E-state index contributed by atoms with van der Waals surface area (Å²) in [6, 6.07) is 7.75. The van der Waals surface area contributed by atoms with Gasteiger partial charge in [-0.15, -0.1) is 11.3 Å². The molecule has 4 heteroatoms. The topological polar surface area (TPSA) is 51.2 Å². The van der Waals surface area contributed by atoms with Gasteiger partial charge < -0.3 is 4.42 Å². The maximum Gasteiger partial charge on any atom is 0.127 e. The highest BCUT2D eigenvalue weighted by Gasteiger charge is 2.15. The summed E-state index contributed by atoms with van der Waals surface area (Å²) < 4.78 is 5.27. The van der Waals surface area contributed by atoms with Crippen LogP contribution in [0.15, 0.2) is 40.3 Å². The van der Waals surface area contributed by atoms with Gasteiger partial charge in [0, 0.05) is 4.88 Å². The predicted molar refractivity (Wildman–Crippen MR) is 52.2 cm³/mol. The zero-order valence-electron chi connectivity index (χ0n) is 6.94. The summed E-state index contributed by atoms with van der Waals surface area (Å²) >= 11 is 1.65. The molecule has 0 radical (unpaired) electrons. The summed E-state index contributed by atoms with van der Waals surface area (Å²) in [5, 5.41) is 2.02. The van der Waals surface area contributed by atoms with Crippen molar-refractivity contribution in [3.8, 4) is 0 Å². The van der Waals surface area contributed by atoms with Crippen LogP contribution in [0.1, 0.15) is 16.7 Å². The Kier molecular flexibility index (Phi) is 2.44. The first-order valence-electron chi connectivity index (χ1n) is 3.95. The molecule has 1 unspecified atom stereocenters. The van der Waals surface area contributed by atoms with Gasteiger partial charge in [0.15, 0.2) is 0 Å². The molecule has 2 aromatic heterocycles. The van der Waals surface area contributed by atoms with E-state index in [-0.39, 0.29) is 6.04 Å². The van der Waals surface area contributed by atoms with Crippen LogP contribution in [0.2, 0.25) is 0 Å². The van der Waals surface area contributed by atoms with Gasteiger partial charge in [0.05, 0.1) is 6.26 Å². The fourth-order valence-electron chi connectivity index (χ4n) is 1.22. The molecular weight excluding hydrogens is 184 g/mol. The number of hydrazine groups is 1. The molecule has 0 bridgehead atoms. The lowest BCUT2D eigenvalue weighted by atomic mass is 10.2. The van der Waals surface area contributed by atoms with Crippen molar-refractivity contribution in [2.75, 3.05) is 0 Å². The maximum absolute atomic E-state index is 5.45. The van der Waals surface area contributed by atoms with E-state index in [0.29, 0.717) is 0 Å². The Balaban J connectivity index is 2.29. The number of rotatable bonds is 3. The minimum Gasteiger partial charge on any atom is -0.467 e. The standard InChI is InChI=1S/C9H10N2OS/c10-11-9(7-3-1-5-12-7)8-4-2-6-13-8/h1-6,9,11H,10H2. The molecule has 0 fully saturated rings. The first-order chi connectivity index (χ1) is 6.42. The number of furan rings is 1. The molecule has 3 nitrogen and oxygen atoms in total. The molecule has 68 valence electrons. The summed E-state index contributed by atoms with van der Waals surface area (Å²) in [5.41, 5.74) is 2.72. The molecule has 0 aliphatic heterocycles. The second kappa shape index (κ2) is 3.74. The highest BCUT2D eigenvalue weighted by atomic mass is 32.1. The Morgan fingerprint density at radius 3 is 2.85 bits per heavy atom. The zero-order valence-corrected chi connectivity index (χ0v) is 7.75. The van der Waals surface area contributed by atoms with E-state index < -0.39 is 0 Å². The van der Waals surface area contributed by atoms with Gasteiger partial charge in [-0.25, -0.2) is 5.43 Å². The Morgan fingerprint density at radius 2 is 2.31 bits per heavy atom. The van der Waals surface area contributed by atoms with Crippen molar-refractivity contribution in [2.45, 2.75) is 6.04 Å². The van der Waals surface area contributed by atoms with Gasteiger partial charge in [0.1, 0.15) is 11.8 Å². The van der Waals surface area contributed by atoms with E-state index in [9.17, 15) is 0 Å². The number of hydrogen-bond donors (Lipinski definition) is 2. The molecule has 13 heavy (non-hydrogen) atoms. The van der Waals surface area contributed by atoms with Gasteiger partial charge in [0.2, 0.25) is 0 Å². The first kappa shape index (κ1) is 8.50. The minimum absolute atomic E-state index is 0.0324.